The molecule has 2 unspecified atom stereocenters. The third-order valence-corrected chi connectivity index (χ3v) is 10.5. The number of carbonyl (C=O) groups is 6. The van der Waals surface area contributed by atoms with E-state index in [1.54, 1.807) is 26.0 Å². The molecule has 222 valence electrons. The fraction of sp³-hybridized carbons (Fsp3) is 0.613. The number of phenolic OH excluding ortho intramolecular Hbond substituents is 1. The summed E-state index contributed by atoms with van der Waals surface area (Å²) in [5.41, 5.74) is -0.348. The number of benzene rings is 1. The molecule has 10 heteroatoms. The van der Waals surface area contributed by atoms with E-state index in [1.165, 1.54) is 32.0 Å². The van der Waals surface area contributed by atoms with Gasteiger partial charge in [-0.1, -0.05) is 52.7 Å². The molecular weight excluding hydrogens is 528 g/mol. The highest BCUT2D eigenvalue weighted by Gasteiger charge is 2.80. The zero-order valence-electron chi connectivity index (χ0n) is 24.5. The number of phenols is 1. The zero-order chi connectivity index (χ0) is 30.8. The SMILES string of the molecule is CCCCCC(=O)C[C@H]1[C@@]2(C)C(C(=O)c3c(O)cccc3[C@@H]2C)C(=O)[C@]2(O)C(=O)C(C(N)=O)C(=O)[C@@H](N(C)C)[C@]12C. The van der Waals surface area contributed by atoms with Gasteiger partial charge in [-0.15, -0.1) is 0 Å². The molecule has 4 N–H and O–H groups in total. The average Bonchev–Trinajstić information content (AvgIpc) is 2.88. The van der Waals surface area contributed by atoms with Crippen LogP contribution in [0.25, 0.3) is 0 Å². The predicted octanol–water partition coefficient (Wildman–Crippen LogP) is 1.97. The van der Waals surface area contributed by atoms with Gasteiger partial charge in [-0.3, -0.25) is 33.7 Å². The molecule has 4 rings (SSSR count). The van der Waals surface area contributed by atoms with Crippen molar-refractivity contribution in [3.05, 3.63) is 29.3 Å². The van der Waals surface area contributed by atoms with E-state index in [0.29, 0.717) is 12.0 Å². The van der Waals surface area contributed by atoms with Gasteiger partial charge in [0.2, 0.25) is 5.91 Å². The van der Waals surface area contributed by atoms with Crippen LogP contribution in [0, 0.1) is 28.6 Å². The molecule has 2 fully saturated rings. The van der Waals surface area contributed by atoms with Crippen LogP contribution >= 0.6 is 0 Å². The minimum Gasteiger partial charge on any atom is -0.507 e. The van der Waals surface area contributed by atoms with Crippen LogP contribution in [0.2, 0.25) is 0 Å². The normalized spacial score (nSPS) is 36.5. The van der Waals surface area contributed by atoms with Crippen LogP contribution in [-0.4, -0.2) is 75.7 Å². The van der Waals surface area contributed by atoms with Gasteiger partial charge in [-0.2, -0.15) is 0 Å². The van der Waals surface area contributed by atoms with E-state index in [0.717, 1.165) is 12.8 Å². The number of amides is 1. The Kier molecular flexibility index (Phi) is 7.67. The number of Topliss-reactive ketones (excluding diaryl/α,β-unsaturated/α-hetero) is 5. The quantitative estimate of drug-likeness (QED) is 0.313. The Hall–Kier alpha value is -3.24. The van der Waals surface area contributed by atoms with Crippen molar-refractivity contribution in [1.82, 2.24) is 4.90 Å². The number of aromatic hydroxyl groups is 1. The topological polar surface area (TPSA) is 172 Å². The molecule has 0 radical (unpaired) electrons. The molecule has 8 atom stereocenters. The van der Waals surface area contributed by atoms with Gasteiger partial charge in [0.15, 0.2) is 34.7 Å². The number of likely N-dealkylation sites (N-methyl/N-ethyl adjacent to an activating group) is 1. The molecule has 1 amide bonds. The second-order valence-electron chi connectivity index (χ2n) is 12.7. The van der Waals surface area contributed by atoms with E-state index in [-0.39, 0.29) is 29.9 Å². The van der Waals surface area contributed by atoms with Gasteiger partial charge in [0.25, 0.3) is 0 Å². The Morgan fingerprint density at radius 2 is 1.68 bits per heavy atom. The molecule has 0 spiro atoms. The molecule has 0 saturated heterocycles. The number of unbranched alkanes of at least 4 members (excludes halogenated alkanes) is 2. The van der Waals surface area contributed by atoms with E-state index in [1.807, 2.05) is 6.92 Å². The Balaban J connectivity index is 2.07. The number of aliphatic hydroxyl groups is 1. The van der Waals surface area contributed by atoms with Gasteiger partial charge < -0.3 is 15.9 Å². The van der Waals surface area contributed by atoms with Crippen molar-refractivity contribution in [3.63, 3.8) is 0 Å². The summed E-state index contributed by atoms with van der Waals surface area (Å²) < 4.78 is 0. The number of carbonyl (C=O) groups excluding carboxylic acids is 6. The third-order valence-electron chi connectivity index (χ3n) is 10.5. The first-order valence-electron chi connectivity index (χ1n) is 14.2. The molecule has 3 aliphatic carbocycles. The summed E-state index contributed by atoms with van der Waals surface area (Å²) in [6, 6.07) is 3.23. The third kappa shape index (κ3) is 3.90. The molecule has 3 aliphatic rings. The lowest BCUT2D eigenvalue weighted by Crippen LogP contribution is -2.83. The zero-order valence-corrected chi connectivity index (χ0v) is 24.5. The fourth-order valence-corrected chi connectivity index (χ4v) is 8.44. The van der Waals surface area contributed by atoms with E-state index in [9.17, 15) is 39.0 Å². The molecule has 0 aliphatic heterocycles. The number of rotatable bonds is 8. The van der Waals surface area contributed by atoms with Crippen LogP contribution in [0.4, 0.5) is 0 Å². The molecule has 1 aromatic rings. The minimum absolute atomic E-state index is 0.0778. The largest absolute Gasteiger partial charge is 0.507 e. The van der Waals surface area contributed by atoms with Crippen molar-refractivity contribution < 1.29 is 39.0 Å². The number of nitrogens with zero attached hydrogens (tertiary/aromatic N) is 1. The molecule has 0 bridgehead atoms. The highest BCUT2D eigenvalue weighted by atomic mass is 16.3. The Bertz CT molecular complexity index is 1350. The maximum Gasteiger partial charge on any atom is 0.235 e. The number of ketones is 5. The summed E-state index contributed by atoms with van der Waals surface area (Å²) in [5, 5.41) is 23.1. The molecule has 0 aromatic heterocycles. The summed E-state index contributed by atoms with van der Waals surface area (Å²) >= 11 is 0. The van der Waals surface area contributed by atoms with Gasteiger partial charge >= 0.3 is 0 Å². The first-order chi connectivity index (χ1) is 19.0. The summed E-state index contributed by atoms with van der Waals surface area (Å²) in [6.07, 6.45) is 2.32. The molecule has 10 nitrogen and oxygen atoms in total. The van der Waals surface area contributed by atoms with Crippen LogP contribution in [-0.2, 0) is 24.0 Å². The Morgan fingerprint density at radius 3 is 2.24 bits per heavy atom. The van der Waals surface area contributed by atoms with Gasteiger partial charge in [0, 0.05) is 18.3 Å². The van der Waals surface area contributed by atoms with E-state index < -0.39 is 75.2 Å². The number of primary amides is 1. The van der Waals surface area contributed by atoms with Crippen LogP contribution in [0.3, 0.4) is 0 Å². The summed E-state index contributed by atoms with van der Waals surface area (Å²) in [7, 11) is 3.06. The summed E-state index contributed by atoms with van der Waals surface area (Å²) in [6.45, 7) is 6.93. The predicted molar refractivity (Wildman–Crippen MR) is 148 cm³/mol. The number of fused-ring (bicyclic) bond motifs is 3. The second-order valence-corrected chi connectivity index (χ2v) is 12.7. The molecule has 41 heavy (non-hydrogen) atoms. The monoisotopic (exact) mass is 568 g/mol. The lowest BCUT2D eigenvalue weighted by molar-refractivity contribution is -0.222. The van der Waals surface area contributed by atoms with Crippen molar-refractivity contribution in [2.24, 2.45) is 34.3 Å². The summed E-state index contributed by atoms with van der Waals surface area (Å²) in [4.78, 5) is 84.0. The smallest absolute Gasteiger partial charge is 0.235 e. The van der Waals surface area contributed by atoms with Crippen molar-refractivity contribution in [3.8, 4) is 5.75 Å². The minimum atomic E-state index is -2.98. The summed E-state index contributed by atoms with van der Waals surface area (Å²) in [5.74, 6) is -11.3. The van der Waals surface area contributed by atoms with E-state index >= 15 is 0 Å². The van der Waals surface area contributed by atoms with Gasteiger partial charge in [0.05, 0.1) is 17.5 Å². The number of hydrogen-bond donors (Lipinski definition) is 3. The van der Waals surface area contributed by atoms with E-state index in [4.69, 9.17) is 5.73 Å². The standard InChI is InChI=1S/C31H40N2O8/c1-7-8-9-11-16(34)14-19-29(3)15(2)17-12-10-13-18(35)20(17)23(36)22(29)27(39)31(41)26(38)21(28(32)40)24(37)25(33(5)6)30(19,31)4/h10,12-13,15,19,21-22,25,35,41H,7-9,11,14H2,1-6H3,(H2,32,40)/t15-,19-,21?,22?,25+,29-,30-,31+/m0/s1. The highest BCUT2D eigenvalue weighted by Crippen LogP contribution is 2.68. The lowest BCUT2D eigenvalue weighted by Gasteiger charge is -2.67. The Labute approximate surface area is 239 Å². The van der Waals surface area contributed by atoms with Gasteiger partial charge in [-0.05, 0) is 49.4 Å². The maximum absolute atomic E-state index is 14.6. The highest BCUT2D eigenvalue weighted by molar-refractivity contribution is 6.33. The number of hydrogen-bond acceptors (Lipinski definition) is 9. The van der Waals surface area contributed by atoms with Crippen LogP contribution in [0.15, 0.2) is 18.2 Å². The van der Waals surface area contributed by atoms with Crippen LogP contribution < -0.4 is 5.73 Å². The van der Waals surface area contributed by atoms with Crippen molar-refractivity contribution >= 4 is 34.8 Å². The first kappa shape index (κ1) is 30.7. The van der Waals surface area contributed by atoms with Crippen LogP contribution in [0.1, 0.15) is 81.6 Å². The molecular formula is C31H40N2O8. The second kappa shape index (κ2) is 10.2. The van der Waals surface area contributed by atoms with Crippen LogP contribution in [0.5, 0.6) is 5.75 Å². The average molecular weight is 569 g/mol. The maximum atomic E-state index is 14.6. The van der Waals surface area contributed by atoms with Gasteiger partial charge in [0.1, 0.15) is 11.5 Å². The number of nitrogens with two attached hydrogens (primary N) is 1. The van der Waals surface area contributed by atoms with Crippen molar-refractivity contribution in [2.75, 3.05) is 14.1 Å². The lowest BCUT2D eigenvalue weighted by atomic mass is 9.35. The van der Waals surface area contributed by atoms with Gasteiger partial charge in [-0.25, -0.2) is 0 Å². The Morgan fingerprint density at radius 1 is 1.05 bits per heavy atom. The first-order valence-corrected chi connectivity index (χ1v) is 14.2. The van der Waals surface area contributed by atoms with Crippen molar-refractivity contribution in [1.29, 1.82) is 0 Å². The van der Waals surface area contributed by atoms with Crippen molar-refractivity contribution in [2.45, 2.75) is 77.4 Å². The molecule has 2 saturated carbocycles. The molecule has 1 aromatic carbocycles. The molecule has 0 heterocycles. The van der Waals surface area contributed by atoms with E-state index in [2.05, 4.69) is 0 Å². The fourth-order valence-electron chi connectivity index (χ4n) is 8.44.